The fraction of sp³-hybridized carbons (Fsp3) is 0.158. The second kappa shape index (κ2) is 7.17. The molecule has 0 unspecified atom stereocenters. The lowest BCUT2D eigenvalue weighted by Gasteiger charge is -2.16. The smallest absolute Gasteiger partial charge is 0.328 e. The summed E-state index contributed by atoms with van der Waals surface area (Å²) in [6.07, 6.45) is 2.02. The molecule has 1 amide bonds. The van der Waals surface area contributed by atoms with Crippen LogP contribution in [0.5, 0.6) is 0 Å². The molecule has 0 radical (unpaired) electrons. The van der Waals surface area contributed by atoms with E-state index in [1.807, 2.05) is 24.3 Å². The van der Waals surface area contributed by atoms with E-state index < -0.39 is 23.7 Å². The number of benzene rings is 2. The van der Waals surface area contributed by atoms with Crippen LogP contribution < -0.4 is 5.32 Å². The molecule has 0 saturated carbocycles. The fourth-order valence-corrected chi connectivity index (χ4v) is 2.74. The predicted octanol–water partition coefficient (Wildman–Crippen LogP) is 2.82. The van der Waals surface area contributed by atoms with Gasteiger partial charge in [0.1, 0.15) is 11.9 Å². The zero-order valence-electron chi connectivity index (χ0n) is 13.6. The van der Waals surface area contributed by atoms with Gasteiger partial charge in [-0.2, -0.15) is 0 Å². The van der Waals surface area contributed by atoms with Gasteiger partial charge < -0.3 is 15.0 Å². The number of carbonyl (C=O) groups is 2. The number of para-hydroxylation sites is 1. The van der Waals surface area contributed by atoms with Crippen molar-refractivity contribution in [3.63, 3.8) is 0 Å². The zero-order valence-corrected chi connectivity index (χ0v) is 13.6. The van der Waals surface area contributed by atoms with Crippen LogP contribution in [-0.4, -0.2) is 30.0 Å². The van der Waals surface area contributed by atoms with Crippen molar-refractivity contribution in [2.75, 3.05) is 7.11 Å². The Morgan fingerprint density at radius 1 is 1.16 bits per heavy atom. The molecule has 2 aromatic carbocycles. The van der Waals surface area contributed by atoms with Crippen LogP contribution in [0.1, 0.15) is 15.9 Å². The van der Waals surface area contributed by atoms with E-state index in [1.54, 1.807) is 12.3 Å². The summed E-state index contributed by atoms with van der Waals surface area (Å²) < 4.78 is 18.6. The molecule has 0 aliphatic carbocycles. The van der Waals surface area contributed by atoms with Crippen LogP contribution in [0.4, 0.5) is 4.39 Å². The van der Waals surface area contributed by atoms with Crippen molar-refractivity contribution < 1.29 is 18.7 Å². The lowest BCUT2D eigenvalue weighted by molar-refractivity contribution is -0.142. The van der Waals surface area contributed by atoms with Crippen LogP contribution in [0.15, 0.2) is 54.7 Å². The summed E-state index contributed by atoms with van der Waals surface area (Å²) in [7, 11) is 1.25. The van der Waals surface area contributed by atoms with Crippen molar-refractivity contribution >= 4 is 22.8 Å². The van der Waals surface area contributed by atoms with E-state index in [9.17, 15) is 14.0 Å². The van der Waals surface area contributed by atoms with Gasteiger partial charge in [-0.3, -0.25) is 4.79 Å². The standard InChI is InChI=1S/C19H17FN2O3/c1-25-19(24)17(22-18(23)14-7-2-4-8-15(14)20)10-12-11-21-16-9-5-3-6-13(12)16/h2-9,11,17,21H,10H2,1H3,(H,22,23)/t17-/m1/s1. The Balaban J connectivity index is 1.84. The number of esters is 1. The molecule has 128 valence electrons. The van der Waals surface area contributed by atoms with Gasteiger partial charge in [0.15, 0.2) is 0 Å². The number of aromatic nitrogens is 1. The average molecular weight is 340 g/mol. The van der Waals surface area contributed by atoms with E-state index in [0.29, 0.717) is 0 Å². The molecule has 3 rings (SSSR count). The molecule has 0 fully saturated rings. The van der Waals surface area contributed by atoms with E-state index in [4.69, 9.17) is 4.74 Å². The first-order chi connectivity index (χ1) is 12.1. The minimum absolute atomic E-state index is 0.115. The van der Waals surface area contributed by atoms with Gasteiger partial charge in [0, 0.05) is 23.5 Å². The summed E-state index contributed by atoms with van der Waals surface area (Å²) in [5.41, 5.74) is 1.68. The van der Waals surface area contributed by atoms with Crippen LogP contribution in [0.25, 0.3) is 10.9 Å². The van der Waals surface area contributed by atoms with Crippen molar-refractivity contribution in [1.29, 1.82) is 0 Å². The van der Waals surface area contributed by atoms with Gasteiger partial charge in [-0.15, -0.1) is 0 Å². The maximum absolute atomic E-state index is 13.8. The summed E-state index contributed by atoms with van der Waals surface area (Å²) in [6, 6.07) is 12.3. The number of aromatic amines is 1. The van der Waals surface area contributed by atoms with Gasteiger partial charge in [0.25, 0.3) is 5.91 Å². The second-order valence-corrected chi connectivity index (χ2v) is 5.59. The van der Waals surface area contributed by atoms with E-state index in [2.05, 4.69) is 10.3 Å². The van der Waals surface area contributed by atoms with Crippen LogP contribution in [0.3, 0.4) is 0 Å². The summed E-state index contributed by atoms with van der Waals surface area (Å²) in [5, 5.41) is 3.52. The molecule has 1 heterocycles. The van der Waals surface area contributed by atoms with Gasteiger partial charge in [-0.05, 0) is 23.8 Å². The molecule has 1 aromatic heterocycles. The highest BCUT2D eigenvalue weighted by molar-refractivity contribution is 5.97. The average Bonchev–Trinajstić information content (AvgIpc) is 3.04. The Labute approximate surface area is 143 Å². The number of nitrogens with one attached hydrogen (secondary N) is 2. The molecule has 6 heteroatoms. The van der Waals surface area contributed by atoms with E-state index in [1.165, 1.54) is 25.3 Å². The van der Waals surface area contributed by atoms with Crippen molar-refractivity contribution in [2.24, 2.45) is 0 Å². The zero-order chi connectivity index (χ0) is 17.8. The Kier molecular flexibility index (Phi) is 4.79. The van der Waals surface area contributed by atoms with Gasteiger partial charge in [-0.1, -0.05) is 30.3 Å². The molecule has 25 heavy (non-hydrogen) atoms. The quantitative estimate of drug-likeness (QED) is 0.702. The summed E-state index contributed by atoms with van der Waals surface area (Å²) in [4.78, 5) is 27.5. The molecular weight excluding hydrogens is 323 g/mol. The Hall–Kier alpha value is -3.15. The number of H-pyrrole nitrogens is 1. The Morgan fingerprint density at radius 2 is 1.88 bits per heavy atom. The van der Waals surface area contributed by atoms with Crippen molar-refractivity contribution in [3.8, 4) is 0 Å². The number of fused-ring (bicyclic) bond motifs is 1. The highest BCUT2D eigenvalue weighted by atomic mass is 19.1. The summed E-state index contributed by atoms with van der Waals surface area (Å²) >= 11 is 0. The van der Waals surface area contributed by atoms with E-state index >= 15 is 0 Å². The third-order valence-corrected chi connectivity index (χ3v) is 4.01. The minimum Gasteiger partial charge on any atom is -0.467 e. The van der Waals surface area contributed by atoms with Crippen LogP contribution in [-0.2, 0) is 16.0 Å². The monoisotopic (exact) mass is 340 g/mol. The maximum Gasteiger partial charge on any atom is 0.328 e. The van der Waals surface area contributed by atoms with Gasteiger partial charge in [0.2, 0.25) is 0 Å². The number of hydrogen-bond donors (Lipinski definition) is 2. The third kappa shape index (κ3) is 3.52. The SMILES string of the molecule is COC(=O)[C@@H](Cc1c[nH]c2ccccc12)NC(=O)c1ccccc1F. The van der Waals surface area contributed by atoms with Gasteiger partial charge >= 0.3 is 5.97 Å². The van der Waals surface area contributed by atoms with E-state index in [-0.39, 0.29) is 12.0 Å². The normalized spacial score (nSPS) is 11.9. The number of methoxy groups -OCH3 is 1. The first kappa shape index (κ1) is 16.7. The lowest BCUT2D eigenvalue weighted by Crippen LogP contribution is -2.43. The fourth-order valence-electron chi connectivity index (χ4n) is 2.74. The molecule has 0 saturated heterocycles. The highest BCUT2D eigenvalue weighted by Gasteiger charge is 2.24. The minimum atomic E-state index is -0.920. The number of ether oxygens (including phenoxy) is 1. The molecule has 0 bridgehead atoms. The maximum atomic E-state index is 13.8. The topological polar surface area (TPSA) is 71.2 Å². The van der Waals surface area contributed by atoms with Crippen molar-refractivity contribution in [3.05, 3.63) is 71.7 Å². The number of halogens is 1. The molecule has 5 nitrogen and oxygen atoms in total. The molecule has 3 aromatic rings. The molecule has 0 aliphatic rings. The molecule has 0 aliphatic heterocycles. The molecule has 2 N–H and O–H groups in total. The van der Waals surface area contributed by atoms with Crippen molar-refractivity contribution in [1.82, 2.24) is 10.3 Å². The van der Waals surface area contributed by atoms with Crippen LogP contribution in [0, 0.1) is 5.82 Å². The molecular formula is C19H17FN2O3. The van der Waals surface area contributed by atoms with Crippen LogP contribution >= 0.6 is 0 Å². The van der Waals surface area contributed by atoms with E-state index in [0.717, 1.165) is 16.5 Å². The summed E-state index contributed by atoms with van der Waals surface area (Å²) in [6.45, 7) is 0. The Bertz CT molecular complexity index is 920. The number of carbonyl (C=O) groups excluding carboxylic acids is 2. The first-order valence-corrected chi connectivity index (χ1v) is 7.78. The van der Waals surface area contributed by atoms with Gasteiger partial charge in [-0.25, -0.2) is 9.18 Å². The summed E-state index contributed by atoms with van der Waals surface area (Å²) in [5.74, 6) is -1.89. The Morgan fingerprint density at radius 3 is 2.64 bits per heavy atom. The molecule has 0 spiro atoms. The highest BCUT2D eigenvalue weighted by Crippen LogP contribution is 2.19. The predicted molar refractivity (Wildman–Crippen MR) is 91.7 cm³/mol. The molecule has 1 atom stereocenters. The lowest BCUT2D eigenvalue weighted by atomic mass is 10.0. The first-order valence-electron chi connectivity index (χ1n) is 7.78. The van der Waals surface area contributed by atoms with Gasteiger partial charge in [0.05, 0.1) is 12.7 Å². The van der Waals surface area contributed by atoms with Crippen LogP contribution in [0.2, 0.25) is 0 Å². The third-order valence-electron chi connectivity index (χ3n) is 4.01. The largest absolute Gasteiger partial charge is 0.467 e. The van der Waals surface area contributed by atoms with Crippen molar-refractivity contribution in [2.45, 2.75) is 12.5 Å². The number of rotatable bonds is 5. The number of amides is 1. The number of hydrogen-bond acceptors (Lipinski definition) is 3. The second-order valence-electron chi connectivity index (χ2n) is 5.59.